The molecule has 1 heterocycles. The van der Waals surface area contributed by atoms with Gasteiger partial charge < -0.3 is 20.5 Å². The summed E-state index contributed by atoms with van der Waals surface area (Å²) in [7, 11) is 0. The minimum absolute atomic E-state index is 0.0447. The molecule has 1 unspecified atom stereocenters. The minimum Gasteiger partial charge on any atom is -0.481 e. The molecule has 1 amide bonds. The van der Waals surface area contributed by atoms with Crippen LogP contribution < -0.4 is 5.32 Å². The summed E-state index contributed by atoms with van der Waals surface area (Å²) in [4.78, 5) is 47.8. The Bertz CT molecular complexity index is 572. The number of carboxylic acid groups (broad SMARTS) is 2. The first-order valence-corrected chi connectivity index (χ1v) is 7.93. The number of rotatable bonds is 10. The summed E-state index contributed by atoms with van der Waals surface area (Å²) in [6.45, 7) is 1.21. The maximum atomic E-state index is 12.2. The van der Waals surface area contributed by atoms with Gasteiger partial charge in [0.05, 0.1) is 12.1 Å². The number of carboxylic acids is 2. The monoisotopic (exact) mass is 342 g/mol. The molecule has 0 saturated carbocycles. The molecule has 9 heteroatoms. The summed E-state index contributed by atoms with van der Waals surface area (Å²) in [6, 6.07) is 2.11. The molecule has 0 aliphatic heterocycles. The number of H-pyrrole nitrogens is 1. The first-order valence-electron chi connectivity index (χ1n) is 6.78. The van der Waals surface area contributed by atoms with Gasteiger partial charge in [-0.05, 0) is 12.1 Å². The van der Waals surface area contributed by atoms with E-state index in [2.05, 4.69) is 10.3 Å². The second-order valence-corrected chi connectivity index (χ2v) is 5.95. The molecule has 0 aliphatic carbocycles. The van der Waals surface area contributed by atoms with Crippen molar-refractivity contribution in [1.82, 2.24) is 10.3 Å². The summed E-state index contributed by atoms with van der Waals surface area (Å²) in [5, 5.41) is 20.2. The third kappa shape index (κ3) is 6.55. The van der Waals surface area contributed by atoms with E-state index in [0.717, 1.165) is 11.8 Å². The smallest absolute Gasteiger partial charge is 0.327 e. The molecule has 1 aromatic rings. The first-order chi connectivity index (χ1) is 10.8. The Morgan fingerprint density at radius 3 is 2.43 bits per heavy atom. The van der Waals surface area contributed by atoms with Gasteiger partial charge in [-0.25, -0.2) is 4.79 Å². The van der Waals surface area contributed by atoms with Crippen LogP contribution in [-0.4, -0.2) is 56.4 Å². The molecule has 1 rings (SSSR count). The van der Waals surface area contributed by atoms with Crippen molar-refractivity contribution in [3.05, 3.63) is 24.0 Å². The second kappa shape index (κ2) is 8.99. The number of thioether (sulfide) groups is 1. The van der Waals surface area contributed by atoms with Crippen molar-refractivity contribution in [1.29, 1.82) is 0 Å². The minimum atomic E-state index is -1.18. The highest BCUT2D eigenvalue weighted by Crippen LogP contribution is 2.18. The Hall–Kier alpha value is -2.29. The Morgan fingerprint density at radius 2 is 1.96 bits per heavy atom. The Kier molecular flexibility index (Phi) is 7.33. The molecule has 0 aliphatic rings. The summed E-state index contributed by atoms with van der Waals surface area (Å²) in [5.74, 6) is -3.68. The number of Topliss-reactive ketones (excluding diaryl/α,β-unsaturated/α-hetero) is 1. The number of carbonyl (C=O) groups excluding carboxylic acids is 2. The molecule has 126 valence electrons. The third-order valence-electron chi connectivity index (χ3n) is 2.93. The van der Waals surface area contributed by atoms with Gasteiger partial charge in [-0.3, -0.25) is 14.4 Å². The van der Waals surface area contributed by atoms with Crippen molar-refractivity contribution in [3.8, 4) is 0 Å². The fraction of sp³-hybridized carbons (Fsp3) is 0.429. The van der Waals surface area contributed by atoms with Gasteiger partial charge in [0.2, 0.25) is 5.91 Å². The lowest BCUT2D eigenvalue weighted by molar-refractivity contribution is -0.140. The maximum absolute atomic E-state index is 12.2. The standard InChI is InChI=1S/C14H18N2O6S/c1-8(17)16-11(14(21)22)7-23-6-9(5-12(18)19)13(20)10-3-2-4-15-10/h2-4,9,11,15H,5-7H2,1H3,(H,16,17)(H,18,19)(H,21,22)/t9?,11-/m0/s1. The number of amides is 1. The molecule has 0 spiro atoms. The Labute approximate surface area is 136 Å². The lowest BCUT2D eigenvalue weighted by Gasteiger charge is -2.16. The summed E-state index contributed by atoms with van der Waals surface area (Å²) >= 11 is 1.11. The zero-order valence-electron chi connectivity index (χ0n) is 12.4. The van der Waals surface area contributed by atoms with Crippen LogP contribution in [0, 0.1) is 5.92 Å². The molecular formula is C14H18N2O6S. The number of ketones is 1. The second-order valence-electron chi connectivity index (χ2n) is 4.87. The molecule has 1 aromatic heterocycles. The van der Waals surface area contributed by atoms with Crippen LogP contribution in [0.15, 0.2) is 18.3 Å². The van der Waals surface area contributed by atoms with E-state index in [1.165, 1.54) is 6.92 Å². The van der Waals surface area contributed by atoms with Crippen molar-refractivity contribution in [2.45, 2.75) is 19.4 Å². The number of hydrogen-bond donors (Lipinski definition) is 4. The highest BCUT2D eigenvalue weighted by atomic mass is 32.2. The number of aliphatic carboxylic acids is 2. The topological polar surface area (TPSA) is 137 Å². The lowest BCUT2D eigenvalue weighted by atomic mass is 10.0. The van der Waals surface area contributed by atoms with E-state index in [4.69, 9.17) is 10.2 Å². The van der Waals surface area contributed by atoms with Crippen LogP contribution in [0.4, 0.5) is 0 Å². The van der Waals surface area contributed by atoms with Crippen molar-refractivity contribution in [3.63, 3.8) is 0 Å². The lowest BCUT2D eigenvalue weighted by Crippen LogP contribution is -2.41. The van der Waals surface area contributed by atoms with E-state index in [1.807, 2.05) is 0 Å². The SMILES string of the molecule is CC(=O)N[C@@H](CSCC(CC(=O)O)C(=O)c1ccc[nH]1)C(=O)O. The van der Waals surface area contributed by atoms with Crippen molar-refractivity contribution >= 4 is 35.4 Å². The largest absolute Gasteiger partial charge is 0.481 e. The van der Waals surface area contributed by atoms with Gasteiger partial charge in [0.25, 0.3) is 0 Å². The van der Waals surface area contributed by atoms with Gasteiger partial charge in [-0.15, -0.1) is 0 Å². The van der Waals surface area contributed by atoms with Gasteiger partial charge in [0.1, 0.15) is 6.04 Å². The van der Waals surface area contributed by atoms with Crippen molar-refractivity contribution in [2.75, 3.05) is 11.5 Å². The highest BCUT2D eigenvalue weighted by Gasteiger charge is 2.25. The highest BCUT2D eigenvalue weighted by molar-refractivity contribution is 7.99. The quantitative estimate of drug-likeness (QED) is 0.457. The van der Waals surface area contributed by atoms with Crippen molar-refractivity contribution in [2.24, 2.45) is 5.92 Å². The van der Waals surface area contributed by atoms with E-state index in [-0.39, 0.29) is 23.7 Å². The molecule has 0 bridgehead atoms. The van der Waals surface area contributed by atoms with Gasteiger partial charge in [0.15, 0.2) is 5.78 Å². The average Bonchev–Trinajstić information content (AvgIpc) is 2.97. The van der Waals surface area contributed by atoms with Crippen LogP contribution in [0.1, 0.15) is 23.8 Å². The average molecular weight is 342 g/mol. The number of nitrogens with one attached hydrogen (secondary N) is 2. The van der Waals surface area contributed by atoms with E-state index >= 15 is 0 Å². The Balaban J connectivity index is 2.63. The van der Waals surface area contributed by atoms with Crippen LogP contribution >= 0.6 is 11.8 Å². The molecule has 2 atom stereocenters. The van der Waals surface area contributed by atoms with E-state index in [1.54, 1.807) is 18.3 Å². The molecular weight excluding hydrogens is 324 g/mol. The number of aromatic amines is 1. The van der Waals surface area contributed by atoms with E-state index < -0.39 is 29.8 Å². The fourth-order valence-electron chi connectivity index (χ4n) is 1.89. The Morgan fingerprint density at radius 1 is 1.26 bits per heavy atom. The zero-order chi connectivity index (χ0) is 17.4. The predicted molar refractivity (Wildman–Crippen MR) is 83.4 cm³/mol. The predicted octanol–water partition coefficient (Wildman–Crippen LogP) is 0.611. The molecule has 0 fully saturated rings. The van der Waals surface area contributed by atoms with Gasteiger partial charge in [-0.1, -0.05) is 0 Å². The molecule has 0 radical (unpaired) electrons. The normalized spacial score (nSPS) is 13.1. The van der Waals surface area contributed by atoms with Gasteiger partial charge in [0, 0.05) is 30.5 Å². The van der Waals surface area contributed by atoms with Crippen LogP contribution in [0.2, 0.25) is 0 Å². The van der Waals surface area contributed by atoms with Crippen LogP contribution in [0.25, 0.3) is 0 Å². The molecule has 23 heavy (non-hydrogen) atoms. The maximum Gasteiger partial charge on any atom is 0.327 e. The number of carbonyl (C=O) groups is 4. The van der Waals surface area contributed by atoms with Gasteiger partial charge in [-0.2, -0.15) is 11.8 Å². The molecule has 8 nitrogen and oxygen atoms in total. The van der Waals surface area contributed by atoms with Crippen LogP contribution in [-0.2, 0) is 14.4 Å². The van der Waals surface area contributed by atoms with E-state index in [9.17, 15) is 19.2 Å². The first kappa shape index (κ1) is 18.8. The fourth-order valence-corrected chi connectivity index (χ4v) is 3.04. The van der Waals surface area contributed by atoms with Crippen LogP contribution in [0.3, 0.4) is 0 Å². The zero-order valence-corrected chi connectivity index (χ0v) is 13.3. The molecule has 4 N–H and O–H groups in total. The number of aromatic nitrogens is 1. The third-order valence-corrected chi connectivity index (χ3v) is 4.14. The summed E-state index contributed by atoms with van der Waals surface area (Å²) < 4.78 is 0. The number of hydrogen-bond acceptors (Lipinski definition) is 5. The van der Waals surface area contributed by atoms with Crippen LogP contribution in [0.5, 0.6) is 0 Å². The van der Waals surface area contributed by atoms with Crippen molar-refractivity contribution < 1.29 is 29.4 Å². The van der Waals surface area contributed by atoms with E-state index in [0.29, 0.717) is 5.69 Å². The summed E-state index contributed by atoms with van der Waals surface area (Å²) in [6.07, 6.45) is 1.22. The van der Waals surface area contributed by atoms with Gasteiger partial charge >= 0.3 is 11.9 Å². The molecule has 0 saturated heterocycles. The molecule has 0 aromatic carbocycles. The summed E-state index contributed by atoms with van der Waals surface area (Å²) in [5.41, 5.74) is 0.313.